The van der Waals surface area contributed by atoms with Gasteiger partial charge in [0.05, 0.1) is 12.5 Å². The highest BCUT2D eigenvalue weighted by Gasteiger charge is 2.34. The van der Waals surface area contributed by atoms with Gasteiger partial charge in [0.25, 0.3) is 5.91 Å². The van der Waals surface area contributed by atoms with Crippen LogP contribution >= 0.6 is 0 Å². The summed E-state index contributed by atoms with van der Waals surface area (Å²) in [5.74, 6) is -0.990. The molecule has 0 N–H and O–H groups in total. The summed E-state index contributed by atoms with van der Waals surface area (Å²) < 4.78 is 47.9. The number of benzene rings is 1. The summed E-state index contributed by atoms with van der Waals surface area (Å²) >= 11 is 0. The lowest BCUT2D eigenvalue weighted by atomic mass is 10.1. The van der Waals surface area contributed by atoms with Crippen molar-refractivity contribution in [2.24, 2.45) is 0 Å². The summed E-state index contributed by atoms with van der Waals surface area (Å²) in [6.45, 7) is 4.56. The number of ether oxygens (including phenoxy) is 2. The molecule has 0 saturated carbocycles. The molecule has 0 aromatic heterocycles. The molecule has 0 aliphatic rings. The van der Waals surface area contributed by atoms with Gasteiger partial charge in [0, 0.05) is 6.04 Å². The predicted octanol–water partition coefficient (Wildman–Crippen LogP) is 3.36. The standard InChI is InChI=1S/C18H24F3NO4/c1-12(2)22(11-18(19,20)21)16(23)10-25-17(24)9-14-6-5-7-15(8-14)26-13(3)4/h5-8,12-13H,9-11H2,1-4H3. The van der Waals surface area contributed by atoms with Crippen LogP contribution in [0.2, 0.25) is 0 Å². The Bertz CT molecular complexity index is 615. The fourth-order valence-electron chi connectivity index (χ4n) is 2.20. The van der Waals surface area contributed by atoms with Crippen LogP contribution in [-0.2, 0) is 20.7 Å². The van der Waals surface area contributed by atoms with Gasteiger partial charge in [-0.25, -0.2) is 0 Å². The van der Waals surface area contributed by atoms with Gasteiger partial charge >= 0.3 is 12.1 Å². The average molecular weight is 375 g/mol. The third-order valence-electron chi connectivity index (χ3n) is 3.27. The molecular weight excluding hydrogens is 351 g/mol. The second-order valence-corrected chi connectivity index (χ2v) is 6.38. The van der Waals surface area contributed by atoms with Crippen LogP contribution < -0.4 is 4.74 Å². The van der Waals surface area contributed by atoms with Crippen molar-refractivity contribution in [2.75, 3.05) is 13.2 Å². The Morgan fingerprint density at radius 3 is 2.35 bits per heavy atom. The fourth-order valence-corrected chi connectivity index (χ4v) is 2.20. The largest absolute Gasteiger partial charge is 0.491 e. The number of nitrogens with zero attached hydrogens (tertiary/aromatic N) is 1. The molecular formula is C18H24F3NO4. The molecule has 5 nitrogen and oxygen atoms in total. The highest BCUT2D eigenvalue weighted by molar-refractivity contribution is 5.81. The lowest BCUT2D eigenvalue weighted by molar-refractivity contribution is -0.169. The van der Waals surface area contributed by atoms with E-state index in [9.17, 15) is 22.8 Å². The zero-order chi connectivity index (χ0) is 19.9. The predicted molar refractivity (Wildman–Crippen MR) is 89.8 cm³/mol. The van der Waals surface area contributed by atoms with E-state index in [0.29, 0.717) is 16.2 Å². The van der Waals surface area contributed by atoms with Crippen LogP contribution in [0.5, 0.6) is 5.75 Å². The van der Waals surface area contributed by atoms with E-state index in [0.717, 1.165) is 0 Å². The van der Waals surface area contributed by atoms with Crippen LogP contribution in [0.15, 0.2) is 24.3 Å². The van der Waals surface area contributed by atoms with E-state index in [1.54, 1.807) is 24.3 Å². The summed E-state index contributed by atoms with van der Waals surface area (Å²) in [6.07, 6.45) is -4.64. The Labute approximate surface area is 151 Å². The number of hydrogen-bond acceptors (Lipinski definition) is 4. The first-order chi connectivity index (χ1) is 12.0. The van der Waals surface area contributed by atoms with Gasteiger partial charge < -0.3 is 14.4 Å². The van der Waals surface area contributed by atoms with E-state index < -0.39 is 37.2 Å². The zero-order valence-corrected chi connectivity index (χ0v) is 15.3. The van der Waals surface area contributed by atoms with Crippen molar-refractivity contribution in [1.82, 2.24) is 4.90 Å². The van der Waals surface area contributed by atoms with E-state index in [2.05, 4.69) is 0 Å². The zero-order valence-electron chi connectivity index (χ0n) is 15.3. The van der Waals surface area contributed by atoms with Crippen molar-refractivity contribution in [1.29, 1.82) is 0 Å². The molecule has 0 atom stereocenters. The number of halogens is 3. The van der Waals surface area contributed by atoms with Crippen molar-refractivity contribution in [3.63, 3.8) is 0 Å². The van der Waals surface area contributed by atoms with E-state index in [-0.39, 0.29) is 12.5 Å². The molecule has 0 aliphatic heterocycles. The lowest BCUT2D eigenvalue weighted by Gasteiger charge is -2.27. The number of hydrogen-bond donors (Lipinski definition) is 0. The Kier molecular flexibility index (Phi) is 7.92. The van der Waals surface area contributed by atoms with Crippen molar-refractivity contribution in [3.8, 4) is 5.75 Å². The molecule has 1 amide bonds. The highest BCUT2D eigenvalue weighted by Crippen LogP contribution is 2.18. The van der Waals surface area contributed by atoms with Crippen LogP contribution in [0.3, 0.4) is 0 Å². The van der Waals surface area contributed by atoms with E-state index in [1.807, 2.05) is 13.8 Å². The number of alkyl halides is 3. The monoisotopic (exact) mass is 375 g/mol. The molecule has 26 heavy (non-hydrogen) atoms. The maximum atomic E-state index is 12.5. The fraction of sp³-hybridized carbons (Fsp3) is 0.556. The SMILES string of the molecule is CC(C)Oc1cccc(CC(=O)OCC(=O)N(CC(F)(F)F)C(C)C)c1. The third-order valence-corrected chi connectivity index (χ3v) is 3.27. The maximum absolute atomic E-state index is 12.5. The summed E-state index contributed by atoms with van der Waals surface area (Å²) in [5, 5.41) is 0. The molecule has 1 aromatic carbocycles. The Morgan fingerprint density at radius 2 is 1.81 bits per heavy atom. The van der Waals surface area contributed by atoms with Crippen molar-refractivity contribution < 1.29 is 32.2 Å². The highest BCUT2D eigenvalue weighted by atomic mass is 19.4. The average Bonchev–Trinajstić information content (AvgIpc) is 2.49. The normalized spacial score (nSPS) is 11.6. The van der Waals surface area contributed by atoms with E-state index >= 15 is 0 Å². The number of rotatable bonds is 8. The van der Waals surface area contributed by atoms with Gasteiger partial charge in [-0.05, 0) is 45.4 Å². The Hall–Kier alpha value is -2.25. The summed E-state index contributed by atoms with van der Waals surface area (Å²) in [7, 11) is 0. The summed E-state index contributed by atoms with van der Waals surface area (Å²) in [5.41, 5.74) is 0.622. The summed E-state index contributed by atoms with van der Waals surface area (Å²) in [4.78, 5) is 24.4. The van der Waals surface area contributed by atoms with Crippen LogP contribution in [0.25, 0.3) is 0 Å². The molecule has 0 spiro atoms. The van der Waals surface area contributed by atoms with Gasteiger partial charge in [-0.3, -0.25) is 9.59 Å². The van der Waals surface area contributed by atoms with Crippen LogP contribution in [-0.4, -0.2) is 48.3 Å². The molecule has 0 radical (unpaired) electrons. The Morgan fingerprint density at radius 1 is 1.15 bits per heavy atom. The minimum atomic E-state index is -4.51. The van der Waals surface area contributed by atoms with E-state index in [4.69, 9.17) is 9.47 Å². The maximum Gasteiger partial charge on any atom is 0.406 e. The van der Waals surface area contributed by atoms with Crippen molar-refractivity contribution in [3.05, 3.63) is 29.8 Å². The van der Waals surface area contributed by atoms with Crippen LogP contribution in [0.1, 0.15) is 33.3 Å². The number of amides is 1. The lowest BCUT2D eigenvalue weighted by Crippen LogP contribution is -2.45. The first-order valence-corrected chi connectivity index (χ1v) is 8.25. The number of carbonyl (C=O) groups excluding carboxylic acids is 2. The first-order valence-electron chi connectivity index (χ1n) is 8.25. The van der Waals surface area contributed by atoms with Gasteiger partial charge in [-0.15, -0.1) is 0 Å². The molecule has 0 saturated heterocycles. The number of esters is 1. The minimum Gasteiger partial charge on any atom is -0.491 e. The van der Waals surface area contributed by atoms with Crippen molar-refractivity contribution >= 4 is 11.9 Å². The molecule has 0 unspecified atom stereocenters. The molecule has 1 rings (SSSR count). The smallest absolute Gasteiger partial charge is 0.406 e. The molecule has 0 bridgehead atoms. The molecule has 1 aromatic rings. The Balaban J connectivity index is 2.59. The minimum absolute atomic E-state index is 0.0227. The molecule has 0 heterocycles. The van der Waals surface area contributed by atoms with Crippen molar-refractivity contribution in [2.45, 2.75) is 52.4 Å². The van der Waals surface area contributed by atoms with Crippen LogP contribution in [0.4, 0.5) is 13.2 Å². The number of carbonyl (C=O) groups is 2. The quantitative estimate of drug-likeness (QED) is 0.654. The first kappa shape index (κ1) is 21.8. The topological polar surface area (TPSA) is 55.8 Å². The molecule has 146 valence electrons. The third kappa shape index (κ3) is 8.22. The van der Waals surface area contributed by atoms with E-state index in [1.165, 1.54) is 13.8 Å². The van der Waals surface area contributed by atoms with Gasteiger partial charge in [-0.1, -0.05) is 12.1 Å². The summed E-state index contributed by atoms with van der Waals surface area (Å²) in [6, 6.07) is 6.17. The van der Waals surface area contributed by atoms with Gasteiger partial charge in [0.2, 0.25) is 0 Å². The van der Waals surface area contributed by atoms with Crippen LogP contribution in [0, 0.1) is 0 Å². The molecule has 0 aliphatic carbocycles. The molecule has 0 fully saturated rings. The van der Waals surface area contributed by atoms with Gasteiger partial charge in [0.15, 0.2) is 6.61 Å². The van der Waals surface area contributed by atoms with Gasteiger partial charge in [-0.2, -0.15) is 13.2 Å². The second kappa shape index (κ2) is 9.45. The van der Waals surface area contributed by atoms with Gasteiger partial charge in [0.1, 0.15) is 12.3 Å². The molecule has 8 heteroatoms. The second-order valence-electron chi connectivity index (χ2n) is 6.38.